The maximum Gasteiger partial charge on any atom is 0.264 e. The molecule has 1 amide bonds. The summed E-state index contributed by atoms with van der Waals surface area (Å²) in [5.41, 5.74) is 2.32. The summed E-state index contributed by atoms with van der Waals surface area (Å²) >= 11 is 1.41. The van der Waals surface area contributed by atoms with Gasteiger partial charge in [-0.2, -0.15) is 0 Å². The number of aromatic nitrogens is 3. The largest absolute Gasteiger partial charge is 0.391 e. The SMILES string of the molecule is O=C(c1ccc(-c2cnc3[nH]ccc3n2)s1)N1CCC(O)C1. The highest BCUT2D eigenvalue weighted by atomic mass is 32.1. The van der Waals surface area contributed by atoms with Crippen molar-refractivity contribution in [3.05, 3.63) is 35.5 Å². The number of thiophene rings is 1. The molecule has 0 radical (unpaired) electrons. The number of hydrogen-bond acceptors (Lipinski definition) is 5. The van der Waals surface area contributed by atoms with Crippen molar-refractivity contribution in [2.45, 2.75) is 12.5 Å². The Morgan fingerprint density at radius 1 is 1.41 bits per heavy atom. The first-order chi connectivity index (χ1) is 10.7. The van der Waals surface area contributed by atoms with Gasteiger partial charge in [0.05, 0.1) is 27.7 Å². The predicted molar refractivity (Wildman–Crippen MR) is 83.7 cm³/mol. The molecule has 0 saturated carbocycles. The molecule has 22 heavy (non-hydrogen) atoms. The minimum Gasteiger partial charge on any atom is -0.391 e. The molecule has 3 aromatic heterocycles. The number of amides is 1. The zero-order valence-electron chi connectivity index (χ0n) is 11.7. The van der Waals surface area contributed by atoms with E-state index in [9.17, 15) is 9.90 Å². The minimum atomic E-state index is -0.398. The van der Waals surface area contributed by atoms with E-state index in [2.05, 4.69) is 15.0 Å². The Morgan fingerprint density at radius 3 is 3.14 bits per heavy atom. The van der Waals surface area contributed by atoms with Crippen molar-refractivity contribution < 1.29 is 9.90 Å². The van der Waals surface area contributed by atoms with Gasteiger partial charge in [-0.15, -0.1) is 11.3 Å². The highest BCUT2D eigenvalue weighted by molar-refractivity contribution is 7.17. The van der Waals surface area contributed by atoms with Crippen molar-refractivity contribution in [1.29, 1.82) is 0 Å². The number of aliphatic hydroxyl groups excluding tert-OH is 1. The molecule has 2 N–H and O–H groups in total. The van der Waals surface area contributed by atoms with Crippen LogP contribution in [0.2, 0.25) is 0 Å². The third kappa shape index (κ3) is 2.28. The first-order valence-electron chi connectivity index (χ1n) is 7.08. The monoisotopic (exact) mass is 314 g/mol. The van der Waals surface area contributed by atoms with Gasteiger partial charge in [-0.05, 0) is 24.6 Å². The number of H-pyrrole nitrogens is 1. The molecule has 1 aliphatic heterocycles. The van der Waals surface area contributed by atoms with Crippen LogP contribution >= 0.6 is 11.3 Å². The number of carbonyl (C=O) groups is 1. The molecule has 4 heterocycles. The van der Waals surface area contributed by atoms with Crippen molar-refractivity contribution >= 4 is 28.4 Å². The average Bonchev–Trinajstić information content (AvgIpc) is 3.25. The third-order valence-corrected chi connectivity index (χ3v) is 4.88. The van der Waals surface area contributed by atoms with Crippen molar-refractivity contribution in [3.8, 4) is 10.6 Å². The topological polar surface area (TPSA) is 82.1 Å². The number of nitrogens with one attached hydrogen (secondary N) is 1. The van der Waals surface area contributed by atoms with Gasteiger partial charge < -0.3 is 15.0 Å². The fraction of sp³-hybridized carbons (Fsp3) is 0.267. The molecule has 0 bridgehead atoms. The number of rotatable bonds is 2. The van der Waals surface area contributed by atoms with Crippen LogP contribution in [-0.2, 0) is 0 Å². The standard InChI is InChI=1S/C15H14N4O2S/c20-9-4-6-19(8-9)15(21)13-2-1-12(22-13)11-7-17-14-10(18-11)3-5-16-14/h1-3,5,7,9,20H,4,6,8H2,(H,16,17). The highest BCUT2D eigenvalue weighted by Gasteiger charge is 2.26. The van der Waals surface area contributed by atoms with Crippen LogP contribution in [0.1, 0.15) is 16.1 Å². The lowest BCUT2D eigenvalue weighted by Gasteiger charge is -2.13. The summed E-state index contributed by atoms with van der Waals surface area (Å²) in [6.45, 7) is 1.03. The van der Waals surface area contributed by atoms with Crippen LogP contribution < -0.4 is 0 Å². The number of nitrogens with zero attached hydrogens (tertiary/aromatic N) is 3. The molecule has 4 rings (SSSR count). The number of hydrogen-bond donors (Lipinski definition) is 2. The summed E-state index contributed by atoms with van der Waals surface area (Å²) in [7, 11) is 0. The highest BCUT2D eigenvalue weighted by Crippen LogP contribution is 2.28. The lowest BCUT2D eigenvalue weighted by atomic mass is 10.3. The summed E-state index contributed by atoms with van der Waals surface area (Å²) in [6, 6.07) is 5.58. The summed E-state index contributed by atoms with van der Waals surface area (Å²) in [5, 5.41) is 9.55. The van der Waals surface area contributed by atoms with Crippen molar-refractivity contribution in [2.24, 2.45) is 0 Å². The number of aliphatic hydroxyl groups is 1. The van der Waals surface area contributed by atoms with E-state index in [4.69, 9.17) is 0 Å². The van der Waals surface area contributed by atoms with E-state index in [1.807, 2.05) is 18.2 Å². The molecule has 1 atom stereocenters. The maximum atomic E-state index is 12.4. The van der Waals surface area contributed by atoms with Gasteiger partial charge in [-0.3, -0.25) is 4.79 Å². The number of fused-ring (bicyclic) bond motifs is 1. The average molecular weight is 314 g/mol. The molecular weight excluding hydrogens is 300 g/mol. The molecule has 112 valence electrons. The van der Waals surface area contributed by atoms with Crippen molar-refractivity contribution in [2.75, 3.05) is 13.1 Å². The van der Waals surface area contributed by atoms with Crippen LogP contribution in [0.3, 0.4) is 0 Å². The summed E-state index contributed by atoms with van der Waals surface area (Å²) < 4.78 is 0. The molecule has 1 unspecified atom stereocenters. The second kappa shape index (κ2) is 5.19. The van der Waals surface area contributed by atoms with Crippen LogP contribution in [0, 0.1) is 0 Å². The quantitative estimate of drug-likeness (QED) is 0.757. The van der Waals surface area contributed by atoms with E-state index in [1.54, 1.807) is 17.3 Å². The molecule has 1 aliphatic rings. The molecule has 6 nitrogen and oxygen atoms in total. The van der Waals surface area contributed by atoms with Gasteiger partial charge in [0, 0.05) is 19.3 Å². The Labute approximate surface area is 130 Å². The molecule has 1 fully saturated rings. The lowest BCUT2D eigenvalue weighted by Crippen LogP contribution is -2.28. The molecule has 0 aliphatic carbocycles. The lowest BCUT2D eigenvalue weighted by molar-refractivity contribution is 0.0769. The second-order valence-electron chi connectivity index (χ2n) is 5.32. The van der Waals surface area contributed by atoms with Crippen molar-refractivity contribution in [1.82, 2.24) is 19.9 Å². The number of likely N-dealkylation sites (tertiary alicyclic amines) is 1. The summed E-state index contributed by atoms with van der Waals surface area (Å²) in [6.07, 6.45) is 3.76. The Balaban J connectivity index is 1.61. The van der Waals surface area contributed by atoms with E-state index in [1.165, 1.54) is 11.3 Å². The minimum absolute atomic E-state index is 0.0246. The van der Waals surface area contributed by atoms with Gasteiger partial charge in [0.25, 0.3) is 5.91 Å². The Kier molecular flexibility index (Phi) is 3.16. The van der Waals surface area contributed by atoms with Crippen LogP contribution in [-0.4, -0.2) is 50.1 Å². The fourth-order valence-corrected chi connectivity index (χ4v) is 3.55. The first-order valence-corrected chi connectivity index (χ1v) is 7.90. The first kappa shape index (κ1) is 13.4. The fourth-order valence-electron chi connectivity index (χ4n) is 2.62. The molecule has 7 heteroatoms. The molecule has 0 spiro atoms. The normalized spacial score (nSPS) is 18.2. The zero-order chi connectivity index (χ0) is 15.1. The predicted octanol–water partition coefficient (Wildman–Crippen LogP) is 1.89. The number of β-amino-alcohol motifs (C(OH)–C–C–N with tert-alkyl or cyclic N) is 1. The van der Waals surface area contributed by atoms with Crippen molar-refractivity contribution in [3.63, 3.8) is 0 Å². The smallest absolute Gasteiger partial charge is 0.264 e. The number of carbonyl (C=O) groups excluding carboxylic acids is 1. The maximum absolute atomic E-state index is 12.4. The Morgan fingerprint density at radius 2 is 2.32 bits per heavy atom. The van der Waals surface area contributed by atoms with E-state index in [-0.39, 0.29) is 5.91 Å². The van der Waals surface area contributed by atoms with Gasteiger partial charge in [0.1, 0.15) is 5.52 Å². The van der Waals surface area contributed by atoms with Crippen LogP contribution in [0.15, 0.2) is 30.6 Å². The van der Waals surface area contributed by atoms with Gasteiger partial charge in [0.15, 0.2) is 5.65 Å². The summed E-state index contributed by atoms with van der Waals surface area (Å²) in [4.78, 5) is 27.5. The summed E-state index contributed by atoms with van der Waals surface area (Å²) in [5.74, 6) is -0.0246. The molecule has 1 saturated heterocycles. The van der Waals surface area contributed by atoms with Crippen LogP contribution in [0.25, 0.3) is 21.7 Å². The molecular formula is C15H14N4O2S. The van der Waals surface area contributed by atoms with E-state index in [0.29, 0.717) is 24.4 Å². The van der Waals surface area contributed by atoms with E-state index in [0.717, 1.165) is 21.7 Å². The van der Waals surface area contributed by atoms with Gasteiger partial charge in [-0.25, -0.2) is 9.97 Å². The molecule has 3 aromatic rings. The van der Waals surface area contributed by atoms with Gasteiger partial charge >= 0.3 is 0 Å². The van der Waals surface area contributed by atoms with Gasteiger partial charge in [0.2, 0.25) is 0 Å². The van der Waals surface area contributed by atoms with E-state index >= 15 is 0 Å². The number of aromatic amines is 1. The Hall–Kier alpha value is -2.25. The van der Waals surface area contributed by atoms with Gasteiger partial charge in [-0.1, -0.05) is 0 Å². The van der Waals surface area contributed by atoms with Crippen LogP contribution in [0.5, 0.6) is 0 Å². The van der Waals surface area contributed by atoms with Crippen LogP contribution in [0.4, 0.5) is 0 Å². The molecule has 0 aromatic carbocycles. The third-order valence-electron chi connectivity index (χ3n) is 3.78. The second-order valence-corrected chi connectivity index (χ2v) is 6.41. The van der Waals surface area contributed by atoms with E-state index < -0.39 is 6.10 Å². The Bertz CT molecular complexity index is 841. The zero-order valence-corrected chi connectivity index (χ0v) is 12.5.